The van der Waals surface area contributed by atoms with Crippen molar-refractivity contribution in [2.75, 3.05) is 20.6 Å². The van der Waals surface area contributed by atoms with E-state index in [9.17, 15) is 4.79 Å². The molecule has 0 bridgehead atoms. The van der Waals surface area contributed by atoms with Crippen LogP contribution in [0, 0.1) is 0 Å². The zero-order chi connectivity index (χ0) is 26.9. The predicted octanol–water partition coefficient (Wildman–Crippen LogP) is 10.4. The molecule has 36 heavy (non-hydrogen) atoms. The lowest BCUT2D eigenvalue weighted by Gasteiger charge is -2.37. The van der Waals surface area contributed by atoms with Crippen LogP contribution >= 0.6 is 0 Å². The summed E-state index contributed by atoms with van der Waals surface area (Å²) in [6, 6.07) is 0. The number of unbranched alkanes of at least 4 members (excludes halogenated alkanes) is 18. The molecule has 0 spiro atoms. The number of ketones is 1. The third-order valence-corrected chi connectivity index (χ3v) is 8.10. The lowest BCUT2D eigenvalue weighted by Crippen LogP contribution is -2.51. The summed E-state index contributed by atoms with van der Waals surface area (Å²) in [6.45, 7) is 10.0. The molecule has 0 aromatic carbocycles. The number of ether oxygens (including phenoxy) is 1. The molecule has 3 heteroatoms. The van der Waals surface area contributed by atoms with E-state index in [4.69, 9.17) is 4.74 Å². The summed E-state index contributed by atoms with van der Waals surface area (Å²) in [5.74, 6) is 0.355. The summed E-state index contributed by atoms with van der Waals surface area (Å²) in [5, 5.41) is 0. The van der Waals surface area contributed by atoms with Crippen molar-refractivity contribution in [3.05, 3.63) is 0 Å². The van der Waals surface area contributed by atoms with Crippen molar-refractivity contribution in [1.82, 2.24) is 0 Å². The van der Waals surface area contributed by atoms with Crippen LogP contribution in [0.2, 0.25) is 0 Å². The number of hydrogen-bond acceptors (Lipinski definition) is 2. The highest BCUT2D eigenvalue weighted by atomic mass is 16.5. The average molecular weight is 511 g/mol. The lowest BCUT2D eigenvalue weighted by atomic mass is 10.00. The number of carbonyl (C=O) groups excluding carboxylic acids is 1. The molecular weight excluding hydrogens is 442 g/mol. The number of nitrogens with zero attached hydrogens (tertiary/aromatic N) is 1. The molecule has 0 saturated carbocycles. The highest BCUT2D eigenvalue weighted by Gasteiger charge is 2.29. The normalized spacial score (nSPS) is 13.7. The van der Waals surface area contributed by atoms with E-state index in [2.05, 4.69) is 41.8 Å². The number of quaternary nitrogens is 1. The van der Waals surface area contributed by atoms with Gasteiger partial charge in [0.2, 0.25) is 0 Å². The maximum atomic E-state index is 13.2. The van der Waals surface area contributed by atoms with Gasteiger partial charge >= 0.3 is 0 Å². The van der Waals surface area contributed by atoms with E-state index in [1.54, 1.807) is 0 Å². The topological polar surface area (TPSA) is 26.3 Å². The van der Waals surface area contributed by atoms with Gasteiger partial charge in [-0.05, 0) is 19.3 Å². The molecule has 0 aliphatic heterocycles. The van der Waals surface area contributed by atoms with Gasteiger partial charge in [0.05, 0.1) is 20.6 Å². The fraction of sp³-hybridized carbons (Fsp3) is 0.970. The summed E-state index contributed by atoms with van der Waals surface area (Å²) >= 11 is 0. The van der Waals surface area contributed by atoms with E-state index in [1.807, 2.05) is 0 Å². The molecule has 0 rings (SSSR count). The standard InChI is InChI=1S/C33H68NO2/c1-7-10-12-14-16-18-19-21-23-25-27-29-33(36-31(4)34(5,6)30-9-3)32(35)28-26-24-22-20-17-15-13-11-8-2/h31,33H,7-30H2,1-6H3/q+1. The Labute approximate surface area is 228 Å². The monoisotopic (exact) mass is 511 g/mol. The van der Waals surface area contributed by atoms with Crippen molar-refractivity contribution in [2.24, 2.45) is 0 Å². The number of hydrogen-bond donors (Lipinski definition) is 0. The van der Waals surface area contributed by atoms with Crippen LogP contribution in [0.25, 0.3) is 0 Å². The van der Waals surface area contributed by atoms with E-state index in [0.29, 0.717) is 12.2 Å². The van der Waals surface area contributed by atoms with Crippen LogP contribution in [-0.2, 0) is 9.53 Å². The summed E-state index contributed by atoms with van der Waals surface area (Å²) < 4.78 is 7.31. The van der Waals surface area contributed by atoms with Crippen molar-refractivity contribution in [3.8, 4) is 0 Å². The second kappa shape index (κ2) is 24.9. The minimum absolute atomic E-state index is 0.0646. The Balaban J connectivity index is 4.30. The third-order valence-electron chi connectivity index (χ3n) is 8.10. The van der Waals surface area contributed by atoms with Crippen molar-refractivity contribution in [1.29, 1.82) is 0 Å². The molecule has 216 valence electrons. The molecule has 0 aromatic rings. The Morgan fingerprint density at radius 2 is 0.972 bits per heavy atom. The van der Waals surface area contributed by atoms with Gasteiger partial charge in [0.25, 0.3) is 0 Å². The molecule has 0 N–H and O–H groups in total. The molecule has 0 radical (unpaired) electrons. The Morgan fingerprint density at radius 3 is 1.39 bits per heavy atom. The molecule has 0 aromatic heterocycles. The second-order valence-electron chi connectivity index (χ2n) is 12.1. The van der Waals surface area contributed by atoms with Gasteiger partial charge in [-0.3, -0.25) is 4.79 Å². The fourth-order valence-corrected chi connectivity index (χ4v) is 5.23. The highest BCUT2D eigenvalue weighted by molar-refractivity contribution is 5.83. The van der Waals surface area contributed by atoms with Gasteiger partial charge in [0.15, 0.2) is 12.0 Å². The first-order chi connectivity index (χ1) is 17.4. The molecule has 0 aliphatic rings. The Bertz CT molecular complexity index is 476. The third kappa shape index (κ3) is 20.6. The maximum absolute atomic E-state index is 13.2. The summed E-state index contributed by atoms with van der Waals surface area (Å²) in [7, 11) is 4.47. The maximum Gasteiger partial charge on any atom is 0.190 e. The van der Waals surface area contributed by atoms with Gasteiger partial charge in [-0.1, -0.05) is 143 Å². The Hall–Kier alpha value is -0.410. The fourth-order valence-electron chi connectivity index (χ4n) is 5.23. The van der Waals surface area contributed by atoms with Crippen LogP contribution < -0.4 is 0 Å². The van der Waals surface area contributed by atoms with Crippen molar-refractivity contribution in [2.45, 2.75) is 188 Å². The van der Waals surface area contributed by atoms with Crippen molar-refractivity contribution < 1.29 is 14.0 Å². The van der Waals surface area contributed by atoms with Gasteiger partial charge in [-0.15, -0.1) is 0 Å². The number of Topliss-reactive ketones (excluding diaryl/α,β-unsaturated/α-hetero) is 1. The zero-order valence-corrected chi connectivity index (χ0v) is 25.9. The van der Waals surface area contributed by atoms with E-state index >= 15 is 0 Å². The van der Waals surface area contributed by atoms with Crippen LogP contribution in [0.1, 0.15) is 175 Å². The van der Waals surface area contributed by atoms with Crippen molar-refractivity contribution in [3.63, 3.8) is 0 Å². The first-order valence-electron chi connectivity index (χ1n) is 16.4. The molecule has 2 unspecified atom stereocenters. The minimum atomic E-state index is -0.207. The number of carbonyl (C=O) groups is 1. The first kappa shape index (κ1) is 35.6. The summed E-state index contributed by atoms with van der Waals surface area (Å²) in [6.07, 6.45) is 29.0. The Morgan fingerprint density at radius 1 is 0.583 bits per heavy atom. The van der Waals surface area contributed by atoms with Gasteiger partial charge in [0.1, 0.15) is 6.10 Å². The summed E-state index contributed by atoms with van der Waals surface area (Å²) in [5.41, 5.74) is 0. The van der Waals surface area contributed by atoms with Crippen LogP contribution in [-0.4, -0.2) is 43.2 Å². The second-order valence-corrected chi connectivity index (χ2v) is 12.1. The van der Waals surface area contributed by atoms with Gasteiger partial charge < -0.3 is 9.22 Å². The van der Waals surface area contributed by atoms with Crippen LogP contribution in [0.3, 0.4) is 0 Å². The van der Waals surface area contributed by atoms with Crippen LogP contribution in [0.4, 0.5) is 0 Å². The molecule has 2 atom stereocenters. The van der Waals surface area contributed by atoms with E-state index in [1.165, 1.54) is 116 Å². The quantitative estimate of drug-likeness (QED) is 0.0594. The molecule has 0 amide bonds. The molecule has 0 saturated heterocycles. The van der Waals surface area contributed by atoms with Crippen LogP contribution in [0.15, 0.2) is 0 Å². The van der Waals surface area contributed by atoms with E-state index in [0.717, 1.165) is 36.7 Å². The molecule has 0 heterocycles. The SMILES string of the molecule is CCCCCCCCCCCCCC(OC(C)[N+](C)(C)CCC)C(=O)CCCCCCCCCCC. The van der Waals surface area contributed by atoms with Gasteiger partial charge in [0, 0.05) is 13.3 Å². The minimum Gasteiger partial charge on any atom is -0.318 e. The lowest BCUT2D eigenvalue weighted by molar-refractivity contribution is -0.936. The highest BCUT2D eigenvalue weighted by Crippen LogP contribution is 2.20. The molecule has 0 aliphatic carbocycles. The van der Waals surface area contributed by atoms with E-state index in [-0.39, 0.29) is 12.3 Å². The molecule has 3 nitrogen and oxygen atoms in total. The Kier molecular flexibility index (Phi) is 24.6. The van der Waals surface area contributed by atoms with Crippen molar-refractivity contribution >= 4 is 5.78 Å². The predicted molar refractivity (Wildman–Crippen MR) is 160 cm³/mol. The zero-order valence-electron chi connectivity index (χ0n) is 25.9. The number of rotatable bonds is 28. The van der Waals surface area contributed by atoms with Gasteiger partial charge in [-0.2, -0.15) is 0 Å². The molecule has 0 fully saturated rings. The van der Waals surface area contributed by atoms with Crippen LogP contribution in [0.5, 0.6) is 0 Å². The van der Waals surface area contributed by atoms with E-state index < -0.39 is 0 Å². The largest absolute Gasteiger partial charge is 0.318 e. The summed E-state index contributed by atoms with van der Waals surface area (Å²) in [4.78, 5) is 13.2. The first-order valence-corrected chi connectivity index (χ1v) is 16.4. The molecular formula is C33H68NO2+. The smallest absolute Gasteiger partial charge is 0.190 e. The van der Waals surface area contributed by atoms with Gasteiger partial charge in [-0.25, -0.2) is 0 Å². The average Bonchev–Trinajstić information content (AvgIpc) is 2.85.